The molecule has 1 aromatic carbocycles. The van der Waals surface area contributed by atoms with Gasteiger partial charge < -0.3 is 10.5 Å². The molecule has 1 fully saturated rings. The van der Waals surface area contributed by atoms with Gasteiger partial charge in [-0.25, -0.2) is 0 Å². The van der Waals surface area contributed by atoms with Gasteiger partial charge in [-0.15, -0.1) is 11.8 Å². The van der Waals surface area contributed by atoms with Crippen molar-refractivity contribution in [3.8, 4) is 0 Å². The highest BCUT2D eigenvalue weighted by Gasteiger charge is 2.21. The van der Waals surface area contributed by atoms with Crippen LogP contribution in [-0.2, 0) is 4.74 Å². The van der Waals surface area contributed by atoms with Gasteiger partial charge in [0.2, 0.25) is 0 Å². The van der Waals surface area contributed by atoms with E-state index >= 15 is 0 Å². The highest BCUT2D eigenvalue weighted by molar-refractivity contribution is 8.00. The van der Waals surface area contributed by atoms with Crippen LogP contribution in [0.25, 0.3) is 0 Å². The summed E-state index contributed by atoms with van der Waals surface area (Å²) >= 11 is 1.72. The van der Waals surface area contributed by atoms with Crippen molar-refractivity contribution < 1.29 is 9.53 Å². The van der Waals surface area contributed by atoms with E-state index < -0.39 is 0 Å². The van der Waals surface area contributed by atoms with Crippen LogP contribution in [-0.4, -0.2) is 30.8 Å². The molecule has 16 heavy (non-hydrogen) atoms. The van der Waals surface area contributed by atoms with Gasteiger partial charge in [-0.2, -0.15) is 0 Å². The summed E-state index contributed by atoms with van der Waals surface area (Å²) in [6, 6.07) is 7.72. The number of hydrogen-bond donors (Lipinski definition) is 1. The molecular weight excluding hydrogens is 222 g/mol. The Kier molecular flexibility index (Phi) is 3.98. The number of ether oxygens (including phenoxy) is 1. The van der Waals surface area contributed by atoms with Crippen molar-refractivity contribution in [2.45, 2.75) is 16.6 Å². The molecule has 2 rings (SSSR count). The third-order valence-electron chi connectivity index (χ3n) is 2.46. The van der Waals surface area contributed by atoms with Gasteiger partial charge >= 0.3 is 0 Å². The summed E-state index contributed by atoms with van der Waals surface area (Å²) in [4.78, 5) is 12.9. The highest BCUT2D eigenvalue weighted by atomic mass is 32.2. The van der Waals surface area contributed by atoms with Crippen LogP contribution >= 0.6 is 11.8 Å². The molecule has 1 saturated heterocycles. The Bertz CT molecular complexity index is 377. The molecule has 1 aliphatic rings. The minimum absolute atomic E-state index is 0.130. The number of nitrogens with two attached hydrogens (primary N) is 1. The molecule has 1 heterocycles. The van der Waals surface area contributed by atoms with Gasteiger partial charge in [-0.05, 0) is 12.6 Å². The molecular formula is C12H15NO2S. The summed E-state index contributed by atoms with van der Waals surface area (Å²) in [7, 11) is 0. The van der Waals surface area contributed by atoms with E-state index in [1.165, 1.54) is 0 Å². The number of ketones is 1. The fourth-order valence-corrected chi connectivity index (χ4v) is 2.68. The predicted octanol–water partition coefficient (Wildman–Crippen LogP) is 1.71. The average Bonchev–Trinajstić information content (AvgIpc) is 2.24. The van der Waals surface area contributed by atoms with Gasteiger partial charge in [0.15, 0.2) is 5.78 Å². The van der Waals surface area contributed by atoms with Crippen LogP contribution in [0.2, 0.25) is 0 Å². The lowest BCUT2D eigenvalue weighted by Gasteiger charge is -2.25. The Morgan fingerprint density at radius 2 is 2.19 bits per heavy atom. The van der Waals surface area contributed by atoms with Gasteiger partial charge in [0.1, 0.15) is 0 Å². The molecule has 4 heteroatoms. The molecule has 2 N–H and O–H groups in total. The van der Waals surface area contributed by atoms with E-state index in [-0.39, 0.29) is 5.78 Å². The van der Waals surface area contributed by atoms with Gasteiger partial charge in [0.25, 0.3) is 0 Å². The molecule has 0 aliphatic carbocycles. The first-order valence-electron chi connectivity index (χ1n) is 5.38. The molecule has 1 aliphatic heterocycles. The largest absolute Gasteiger partial charge is 0.379 e. The molecule has 3 nitrogen and oxygen atoms in total. The Hall–Kier alpha value is -0.840. The quantitative estimate of drug-likeness (QED) is 0.792. The zero-order valence-corrected chi connectivity index (χ0v) is 9.83. The first-order chi connectivity index (χ1) is 7.81. The molecule has 0 atom stereocenters. The summed E-state index contributed by atoms with van der Waals surface area (Å²) in [6.45, 7) is 1.97. The molecule has 0 radical (unpaired) electrons. The van der Waals surface area contributed by atoms with E-state index in [9.17, 15) is 4.79 Å². The van der Waals surface area contributed by atoms with Gasteiger partial charge in [0, 0.05) is 16.9 Å². The minimum atomic E-state index is 0.130. The Morgan fingerprint density at radius 3 is 2.81 bits per heavy atom. The van der Waals surface area contributed by atoms with Crippen molar-refractivity contribution in [1.29, 1.82) is 0 Å². The number of carbonyl (C=O) groups excluding carboxylic acids is 1. The fraction of sp³-hybridized carbons (Fsp3) is 0.417. The van der Waals surface area contributed by atoms with Crippen LogP contribution in [0.4, 0.5) is 0 Å². The van der Waals surface area contributed by atoms with Crippen LogP contribution in [0.5, 0.6) is 0 Å². The Morgan fingerprint density at radius 1 is 1.44 bits per heavy atom. The van der Waals surface area contributed by atoms with E-state index in [4.69, 9.17) is 10.5 Å². The molecule has 0 unspecified atom stereocenters. The van der Waals surface area contributed by atoms with Gasteiger partial charge in [0.05, 0.1) is 18.5 Å². The smallest absolute Gasteiger partial charge is 0.165 e. The van der Waals surface area contributed by atoms with Crippen LogP contribution in [0, 0.1) is 0 Å². The molecule has 0 spiro atoms. The van der Waals surface area contributed by atoms with E-state index in [0.717, 1.165) is 23.7 Å². The molecule has 0 amide bonds. The monoisotopic (exact) mass is 237 g/mol. The van der Waals surface area contributed by atoms with Crippen molar-refractivity contribution in [2.75, 3.05) is 19.8 Å². The van der Waals surface area contributed by atoms with Gasteiger partial charge in [-0.3, -0.25) is 4.79 Å². The van der Waals surface area contributed by atoms with Crippen LogP contribution in [0.1, 0.15) is 16.8 Å². The van der Waals surface area contributed by atoms with Crippen molar-refractivity contribution in [2.24, 2.45) is 5.73 Å². The Balaban J connectivity index is 2.12. The molecule has 0 bridgehead atoms. The van der Waals surface area contributed by atoms with Crippen molar-refractivity contribution in [1.82, 2.24) is 0 Å². The highest BCUT2D eigenvalue weighted by Crippen LogP contribution is 2.31. The fourth-order valence-electron chi connectivity index (χ4n) is 1.53. The molecule has 0 aromatic heterocycles. The minimum Gasteiger partial charge on any atom is -0.379 e. The normalized spacial score (nSPS) is 15.8. The number of Topliss-reactive ketones (excluding diaryl/α,β-unsaturated/α-hetero) is 1. The summed E-state index contributed by atoms with van der Waals surface area (Å²) in [5, 5.41) is 0.492. The number of carbonyl (C=O) groups is 1. The van der Waals surface area contributed by atoms with Gasteiger partial charge in [-0.1, -0.05) is 18.2 Å². The maximum absolute atomic E-state index is 11.8. The lowest BCUT2D eigenvalue weighted by molar-refractivity contribution is 0.0455. The first-order valence-corrected chi connectivity index (χ1v) is 6.26. The molecule has 86 valence electrons. The van der Waals surface area contributed by atoms with Crippen molar-refractivity contribution >= 4 is 17.5 Å². The topological polar surface area (TPSA) is 52.3 Å². The second kappa shape index (κ2) is 5.48. The second-order valence-corrected chi connectivity index (χ2v) is 5.08. The van der Waals surface area contributed by atoms with Crippen molar-refractivity contribution in [3.05, 3.63) is 29.8 Å². The van der Waals surface area contributed by atoms with Crippen molar-refractivity contribution in [3.63, 3.8) is 0 Å². The SMILES string of the molecule is NCCC(=O)c1ccccc1SC1COC1. The maximum Gasteiger partial charge on any atom is 0.165 e. The zero-order valence-electron chi connectivity index (χ0n) is 9.02. The number of rotatable bonds is 5. The van der Waals surface area contributed by atoms with E-state index in [0.29, 0.717) is 18.2 Å². The lowest BCUT2D eigenvalue weighted by atomic mass is 10.1. The molecule has 1 aromatic rings. The Labute approximate surface area is 99.4 Å². The average molecular weight is 237 g/mol. The maximum atomic E-state index is 11.8. The third-order valence-corrected chi connectivity index (χ3v) is 3.68. The number of hydrogen-bond acceptors (Lipinski definition) is 4. The summed E-state index contributed by atoms with van der Waals surface area (Å²) in [5.41, 5.74) is 6.20. The van der Waals surface area contributed by atoms with E-state index in [2.05, 4.69) is 0 Å². The van der Waals surface area contributed by atoms with E-state index in [1.54, 1.807) is 11.8 Å². The van der Waals surface area contributed by atoms with Crippen LogP contribution in [0.3, 0.4) is 0 Å². The standard InChI is InChI=1S/C12H15NO2S/c13-6-5-11(14)10-3-1-2-4-12(10)16-9-7-15-8-9/h1-4,9H,5-8,13H2. The number of benzene rings is 1. The number of thioether (sulfide) groups is 1. The van der Waals surface area contributed by atoms with Crippen LogP contribution in [0.15, 0.2) is 29.2 Å². The van der Waals surface area contributed by atoms with E-state index in [1.807, 2.05) is 24.3 Å². The summed E-state index contributed by atoms with van der Waals surface area (Å²) in [6.07, 6.45) is 0.415. The zero-order chi connectivity index (χ0) is 11.4. The lowest BCUT2D eigenvalue weighted by Crippen LogP contribution is -2.30. The third kappa shape index (κ3) is 2.64. The van der Waals surface area contributed by atoms with Crippen LogP contribution < -0.4 is 5.73 Å². The predicted molar refractivity (Wildman–Crippen MR) is 64.9 cm³/mol. The first kappa shape index (κ1) is 11.6. The second-order valence-electron chi connectivity index (χ2n) is 3.74. The molecule has 0 saturated carbocycles. The summed E-state index contributed by atoms with van der Waals surface area (Å²) in [5.74, 6) is 0.130. The summed E-state index contributed by atoms with van der Waals surface area (Å²) < 4.78 is 5.13.